The van der Waals surface area contributed by atoms with E-state index in [-0.39, 0.29) is 24.3 Å². The molecule has 0 aliphatic carbocycles. The lowest BCUT2D eigenvalue weighted by atomic mass is 10.3. The van der Waals surface area contributed by atoms with Crippen LogP contribution < -0.4 is 5.32 Å². The van der Waals surface area contributed by atoms with E-state index in [0.717, 1.165) is 0 Å². The molecule has 0 spiro atoms. The predicted octanol–water partition coefficient (Wildman–Crippen LogP) is -0.397. The van der Waals surface area contributed by atoms with Crippen molar-refractivity contribution in [2.24, 2.45) is 0 Å². The Morgan fingerprint density at radius 3 is 3.00 bits per heavy atom. The fourth-order valence-electron chi connectivity index (χ4n) is 1.79. The highest BCUT2D eigenvalue weighted by Gasteiger charge is 2.23. The van der Waals surface area contributed by atoms with E-state index >= 15 is 0 Å². The van der Waals surface area contributed by atoms with Gasteiger partial charge in [-0.3, -0.25) is 19.8 Å². The number of nitrogens with zero attached hydrogens (tertiary/aromatic N) is 1. The summed E-state index contributed by atoms with van der Waals surface area (Å²) in [7, 11) is 0. The molecular formula is C11H14N2O4. The maximum atomic E-state index is 11.5. The van der Waals surface area contributed by atoms with Crippen molar-refractivity contribution in [2.45, 2.75) is 12.5 Å². The van der Waals surface area contributed by atoms with Crippen molar-refractivity contribution in [1.82, 2.24) is 10.2 Å². The van der Waals surface area contributed by atoms with Crippen molar-refractivity contribution in [1.29, 1.82) is 0 Å². The van der Waals surface area contributed by atoms with Gasteiger partial charge in [0.2, 0.25) is 5.91 Å². The summed E-state index contributed by atoms with van der Waals surface area (Å²) in [6, 6.07) is 3.07. The van der Waals surface area contributed by atoms with Gasteiger partial charge in [-0.25, -0.2) is 0 Å². The Labute approximate surface area is 98.2 Å². The molecule has 1 aliphatic heterocycles. The van der Waals surface area contributed by atoms with E-state index in [4.69, 9.17) is 4.42 Å². The monoisotopic (exact) mass is 238 g/mol. The van der Waals surface area contributed by atoms with Gasteiger partial charge in [0.15, 0.2) is 5.76 Å². The Bertz CT molecular complexity index is 402. The number of imide groups is 1. The van der Waals surface area contributed by atoms with Gasteiger partial charge in [-0.2, -0.15) is 0 Å². The number of amides is 2. The minimum atomic E-state index is -0.542. The third-order valence-electron chi connectivity index (χ3n) is 2.61. The largest absolute Gasteiger partial charge is 0.459 e. The summed E-state index contributed by atoms with van der Waals surface area (Å²) >= 11 is 0. The first kappa shape index (κ1) is 11.8. The SMILES string of the molecule is O=C(CN1CC[C@@H](O)C1)NC(=O)c1ccco1. The van der Waals surface area contributed by atoms with Gasteiger partial charge in [0.05, 0.1) is 18.9 Å². The first-order chi connectivity index (χ1) is 8.15. The lowest BCUT2D eigenvalue weighted by molar-refractivity contribution is -0.121. The lowest BCUT2D eigenvalue weighted by Crippen LogP contribution is -2.39. The molecule has 2 rings (SSSR count). The van der Waals surface area contributed by atoms with Crippen molar-refractivity contribution in [2.75, 3.05) is 19.6 Å². The third-order valence-corrected chi connectivity index (χ3v) is 2.61. The average Bonchev–Trinajstić information content (AvgIpc) is 2.89. The minimum absolute atomic E-state index is 0.111. The molecule has 1 aromatic rings. The Morgan fingerprint density at radius 2 is 2.41 bits per heavy atom. The van der Waals surface area contributed by atoms with E-state index in [1.165, 1.54) is 12.3 Å². The van der Waals surface area contributed by atoms with Gasteiger partial charge in [-0.05, 0) is 18.6 Å². The quantitative estimate of drug-likeness (QED) is 0.749. The molecule has 92 valence electrons. The molecule has 0 radical (unpaired) electrons. The summed E-state index contributed by atoms with van der Waals surface area (Å²) in [6.07, 6.45) is 1.67. The van der Waals surface area contributed by atoms with Crippen molar-refractivity contribution in [3.63, 3.8) is 0 Å². The minimum Gasteiger partial charge on any atom is -0.459 e. The molecule has 1 aromatic heterocycles. The van der Waals surface area contributed by atoms with E-state index < -0.39 is 5.91 Å². The molecule has 0 saturated carbocycles. The van der Waals surface area contributed by atoms with Crippen LogP contribution in [0, 0.1) is 0 Å². The summed E-state index contributed by atoms with van der Waals surface area (Å²) in [4.78, 5) is 24.8. The Balaban J connectivity index is 1.79. The predicted molar refractivity (Wildman–Crippen MR) is 58.2 cm³/mol. The smallest absolute Gasteiger partial charge is 0.293 e. The van der Waals surface area contributed by atoms with Crippen LogP contribution in [0.4, 0.5) is 0 Å². The highest BCUT2D eigenvalue weighted by atomic mass is 16.3. The average molecular weight is 238 g/mol. The van der Waals surface area contributed by atoms with Crippen LogP contribution in [0.15, 0.2) is 22.8 Å². The second-order valence-electron chi connectivity index (χ2n) is 4.03. The van der Waals surface area contributed by atoms with Crippen LogP contribution in [0.25, 0.3) is 0 Å². The highest BCUT2D eigenvalue weighted by molar-refractivity contribution is 6.03. The Hall–Kier alpha value is -1.66. The number of carbonyl (C=O) groups excluding carboxylic acids is 2. The molecule has 1 aliphatic rings. The van der Waals surface area contributed by atoms with Crippen LogP contribution in [0.1, 0.15) is 17.0 Å². The molecule has 0 aromatic carbocycles. The molecular weight excluding hydrogens is 224 g/mol. The van der Waals surface area contributed by atoms with E-state index in [0.29, 0.717) is 19.5 Å². The van der Waals surface area contributed by atoms with Gasteiger partial charge in [0.1, 0.15) is 0 Å². The van der Waals surface area contributed by atoms with Crippen molar-refractivity contribution < 1.29 is 19.1 Å². The normalized spacial score (nSPS) is 20.4. The first-order valence-electron chi connectivity index (χ1n) is 5.43. The topological polar surface area (TPSA) is 82.8 Å². The fraction of sp³-hybridized carbons (Fsp3) is 0.455. The van der Waals surface area contributed by atoms with E-state index in [1.54, 1.807) is 11.0 Å². The number of likely N-dealkylation sites (tertiary alicyclic amines) is 1. The van der Waals surface area contributed by atoms with E-state index in [9.17, 15) is 14.7 Å². The number of hydrogen-bond donors (Lipinski definition) is 2. The molecule has 2 amide bonds. The Kier molecular flexibility index (Phi) is 3.55. The first-order valence-corrected chi connectivity index (χ1v) is 5.43. The van der Waals surface area contributed by atoms with Gasteiger partial charge < -0.3 is 9.52 Å². The van der Waals surface area contributed by atoms with Crippen molar-refractivity contribution >= 4 is 11.8 Å². The molecule has 2 heterocycles. The van der Waals surface area contributed by atoms with Gasteiger partial charge >= 0.3 is 0 Å². The van der Waals surface area contributed by atoms with Gasteiger partial charge in [-0.1, -0.05) is 0 Å². The Morgan fingerprint density at radius 1 is 1.59 bits per heavy atom. The van der Waals surface area contributed by atoms with Crippen LogP contribution in [0.2, 0.25) is 0 Å². The summed E-state index contributed by atoms with van der Waals surface area (Å²) in [5.41, 5.74) is 0. The summed E-state index contributed by atoms with van der Waals surface area (Å²) in [6.45, 7) is 1.26. The zero-order valence-electron chi connectivity index (χ0n) is 9.26. The second-order valence-corrected chi connectivity index (χ2v) is 4.03. The zero-order valence-corrected chi connectivity index (χ0v) is 9.26. The van der Waals surface area contributed by atoms with Gasteiger partial charge in [-0.15, -0.1) is 0 Å². The maximum absolute atomic E-state index is 11.5. The number of carbonyl (C=O) groups is 2. The number of aliphatic hydroxyl groups is 1. The summed E-state index contributed by atoms with van der Waals surface area (Å²) < 4.78 is 4.87. The fourth-order valence-corrected chi connectivity index (χ4v) is 1.79. The molecule has 1 saturated heterocycles. The van der Waals surface area contributed by atoms with Gasteiger partial charge in [0, 0.05) is 13.1 Å². The van der Waals surface area contributed by atoms with Crippen molar-refractivity contribution in [3.05, 3.63) is 24.2 Å². The van der Waals surface area contributed by atoms with Crippen molar-refractivity contribution in [3.8, 4) is 0 Å². The van der Waals surface area contributed by atoms with Crippen LogP contribution in [-0.2, 0) is 4.79 Å². The lowest BCUT2D eigenvalue weighted by Gasteiger charge is -2.13. The zero-order chi connectivity index (χ0) is 12.3. The molecule has 6 nitrogen and oxygen atoms in total. The molecule has 0 unspecified atom stereocenters. The molecule has 6 heteroatoms. The van der Waals surface area contributed by atoms with Crippen LogP contribution in [0.5, 0.6) is 0 Å². The number of nitrogens with one attached hydrogen (secondary N) is 1. The molecule has 2 N–H and O–H groups in total. The van der Waals surface area contributed by atoms with Crippen LogP contribution in [0.3, 0.4) is 0 Å². The van der Waals surface area contributed by atoms with Crippen LogP contribution >= 0.6 is 0 Å². The number of hydrogen-bond acceptors (Lipinski definition) is 5. The van der Waals surface area contributed by atoms with E-state index in [2.05, 4.69) is 5.32 Å². The summed E-state index contributed by atoms with van der Waals surface area (Å²) in [5.74, 6) is -0.819. The third kappa shape index (κ3) is 3.15. The number of furan rings is 1. The molecule has 17 heavy (non-hydrogen) atoms. The molecule has 1 fully saturated rings. The second kappa shape index (κ2) is 5.11. The molecule has 0 bridgehead atoms. The van der Waals surface area contributed by atoms with E-state index in [1.807, 2.05) is 0 Å². The summed E-state index contributed by atoms with van der Waals surface area (Å²) in [5, 5.41) is 11.5. The number of rotatable bonds is 3. The number of β-amino-alcohol motifs (C(OH)–C–C–N with tert-alkyl or cyclic N) is 1. The van der Waals surface area contributed by atoms with Gasteiger partial charge in [0.25, 0.3) is 5.91 Å². The maximum Gasteiger partial charge on any atom is 0.293 e. The standard InChI is InChI=1S/C11H14N2O4/c14-8-3-4-13(6-8)7-10(15)12-11(16)9-2-1-5-17-9/h1-2,5,8,14H,3-4,6-7H2,(H,12,15,16)/t8-/m1/s1. The highest BCUT2D eigenvalue weighted by Crippen LogP contribution is 2.07. The van der Waals surface area contributed by atoms with Crippen LogP contribution in [-0.4, -0.2) is 47.6 Å². The number of aliphatic hydroxyl groups excluding tert-OH is 1. The molecule has 1 atom stereocenters.